The van der Waals surface area contributed by atoms with E-state index in [2.05, 4.69) is 5.32 Å². The smallest absolute Gasteiger partial charge is 0.225 e. The van der Waals surface area contributed by atoms with Crippen LogP contribution in [0.2, 0.25) is 0 Å². The third kappa shape index (κ3) is 3.76. The summed E-state index contributed by atoms with van der Waals surface area (Å²) in [7, 11) is 0. The molecule has 21 heavy (non-hydrogen) atoms. The molecule has 0 aromatic carbocycles. The number of nitrogens with two attached hydrogens (primary N) is 1. The number of rotatable bonds is 4. The van der Waals surface area contributed by atoms with Crippen molar-refractivity contribution >= 4 is 11.8 Å². The Hall–Kier alpha value is -1.10. The molecule has 3 N–H and O–H groups in total. The first-order valence-electron chi connectivity index (χ1n) is 8.47. The summed E-state index contributed by atoms with van der Waals surface area (Å²) in [6, 6.07) is 0.437. The Bertz CT molecular complexity index is 400. The third-order valence-electron chi connectivity index (χ3n) is 5.26. The predicted octanol–water partition coefficient (Wildman–Crippen LogP) is 1.02. The lowest BCUT2D eigenvalue weighted by Gasteiger charge is -2.32. The molecule has 5 heteroatoms. The summed E-state index contributed by atoms with van der Waals surface area (Å²) >= 11 is 0. The highest BCUT2D eigenvalue weighted by Gasteiger charge is 2.35. The average molecular weight is 293 g/mol. The molecular formula is C16H27N3O2. The van der Waals surface area contributed by atoms with E-state index in [-0.39, 0.29) is 18.0 Å². The van der Waals surface area contributed by atoms with Crippen LogP contribution in [0.15, 0.2) is 0 Å². The van der Waals surface area contributed by atoms with E-state index in [1.165, 1.54) is 0 Å². The molecule has 3 rings (SSSR count). The van der Waals surface area contributed by atoms with E-state index in [1.807, 2.05) is 4.90 Å². The van der Waals surface area contributed by atoms with Gasteiger partial charge in [-0.05, 0) is 44.4 Å². The van der Waals surface area contributed by atoms with Crippen molar-refractivity contribution in [2.45, 2.75) is 63.5 Å². The van der Waals surface area contributed by atoms with E-state index < -0.39 is 0 Å². The van der Waals surface area contributed by atoms with Gasteiger partial charge in [0.15, 0.2) is 0 Å². The number of nitrogens with zero attached hydrogens (tertiary/aromatic N) is 1. The molecule has 2 atom stereocenters. The van der Waals surface area contributed by atoms with E-state index in [0.29, 0.717) is 24.2 Å². The van der Waals surface area contributed by atoms with Gasteiger partial charge in [-0.2, -0.15) is 0 Å². The number of hydrogen-bond acceptors (Lipinski definition) is 3. The maximum atomic E-state index is 12.1. The fourth-order valence-corrected chi connectivity index (χ4v) is 3.68. The number of carbonyl (C=O) groups excluding carboxylic acids is 2. The highest BCUT2D eigenvalue weighted by atomic mass is 16.2. The first kappa shape index (κ1) is 14.8. The van der Waals surface area contributed by atoms with Crippen LogP contribution in [0, 0.1) is 11.8 Å². The minimum atomic E-state index is 0.143. The van der Waals surface area contributed by atoms with E-state index in [4.69, 9.17) is 5.73 Å². The Kier molecular flexibility index (Phi) is 4.48. The number of piperidine rings is 1. The predicted molar refractivity (Wildman–Crippen MR) is 80.4 cm³/mol. The standard InChI is InChI=1S/C16H27N3O2/c17-14-3-1-2-12(14)10-15(20)18-13-6-8-19(9-7-13)16(21)11-4-5-11/h11-14H,1-10,17H2,(H,18,20)/t12-,14+/m0/s1. The van der Waals surface area contributed by atoms with Gasteiger partial charge in [0.25, 0.3) is 0 Å². The summed E-state index contributed by atoms with van der Waals surface area (Å²) in [6.45, 7) is 1.59. The van der Waals surface area contributed by atoms with Crippen LogP contribution in [-0.4, -0.2) is 41.9 Å². The SMILES string of the molecule is N[C@@H]1CCC[C@H]1CC(=O)NC1CCN(C(=O)C2CC2)CC1. The van der Waals surface area contributed by atoms with E-state index >= 15 is 0 Å². The van der Waals surface area contributed by atoms with Gasteiger partial charge in [-0.25, -0.2) is 0 Å². The van der Waals surface area contributed by atoms with Crippen LogP contribution in [0.3, 0.4) is 0 Å². The zero-order valence-corrected chi connectivity index (χ0v) is 12.7. The minimum absolute atomic E-state index is 0.143. The Morgan fingerprint density at radius 1 is 1.05 bits per heavy atom. The second-order valence-corrected chi connectivity index (χ2v) is 7.00. The van der Waals surface area contributed by atoms with Gasteiger partial charge in [-0.15, -0.1) is 0 Å². The average Bonchev–Trinajstić information content (AvgIpc) is 3.24. The molecule has 2 saturated carbocycles. The molecule has 0 unspecified atom stereocenters. The van der Waals surface area contributed by atoms with Crippen molar-refractivity contribution in [3.8, 4) is 0 Å². The normalized spacial score (nSPS) is 30.4. The number of likely N-dealkylation sites (tertiary alicyclic amines) is 1. The second-order valence-electron chi connectivity index (χ2n) is 7.00. The number of carbonyl (C=O) groups is 2. The lowest BCUT2D eigenvalue weighted by Crippen LogP contribution is -2.47. The van der Waals surface area contributed by atoms with Gasteiger partial charge < -0.3 is 16.0 Å². The summed E-state index contributed by atoms with van der Waals surface area (Å²) in [5.41, 5.74) is 6.02. The quantitative estimate of drug-likeness (QED) is 0.812. The molecule has 0 radical (unpaired) electrons. The van der Waals surface area contributed by atoms with Crippen LogP contribution in [0.1, 0.15) is 51.4 Å². The van der Waals surface area contributed by atoms with E-state index in [0.717, 1.165) is 58.0 Å². The zero-order chi connectivity index (χ0) is 14.8. The molecule has 1 heterocycles. The summed E-state index contributed by atoms with van der Waals surface area (Å²) in [5, 5.41) is 3.14. The Morgan fingerprint density at radius 3 is 2.33 bits per heavy atom. The Morgan fingerprint density at radius 2 is 1.76 bits per heavy atom. The zero-order valence-electron chi connectivity index (χ0n) is 12.7. The maximum absolute atomic E-state index is 12.1. The van der Waals surface area contributed by atoms with Crippen molar-refractivity contribution < 1.29 is 9.59 Å². The van der Waals surface area contributed by atoms with Gasteiger partial charge in [0.1, 0.15) is 0 Å². The van der Waals surface area contributed by atoms with Crippen LogP contribution >= 0.6 is 0 Å². The molecule has 2 amide bonds. The fourth-order valence-electron chi connectivity index (χ4n) is 3.68. The summed E-state index contributed by atoms with van der Waals surface area (Å²) in [6.07, 6.45) is 7.78. The molecule has 0 spiro atoms. The molecule has 0 aromatic heterocycles. The van der Waals surface area contributed by atoms with Crippen LogP contribution in [0.5, 0.6) is 0 Å². The number of amides is 2. The van der Waals surface area contributed by atoms with Crippen LogP contribution in [-0.2, 0) is 9.59 Å². The largest absolute Gasteiger partial charge is 0.353 e. The van der Waals surface area contributed by atoms with Crippen molar-refractivity contribution in [3.05, 3.63) is 0 Å². The van der Waals surface area contributed by atoms with Crippen molar-refractivity contribution in [3.63, 3.8) is 0 Å². The lowest BCUT2D eigenvalue weighted by molar-refractivity contribution is -0.133. The molecule has 1 saturated heterocycles. The summed E-state index contributed by atoms with van der Waals surface area (Å²) in [5.74, 6) is 1.14. The number of hydrogen-bond donors (Lipinski definition) is 2. The third-order valence-corrected chi connectivity index (χ3v) is 5.26. The molecule has 0 aromatic rings. The Balaban J connectivity index is 1.38. The highest BCUT2D eigenvalue weighted by molar-refractivity contribution is 5.81. The molecule has 1 aliphatic heterocycles. The molecule has 0 bridgehead atoms. The molecule has 2 aliphatic carbocycles. The first-order chi connectivity index (χ1) is 10.1. The van der Waals surface area contributed by atoms with Gasteiger partial charge >= 0.3 is 0 Å². The van der Waals surface area contributed by atoms with Crippen molar-refractivity contribution in [2.24, 2.45) is 17.6 Å². The van der Waals surface area contributed by atoms with Gasteiger partial charge in [0.2, 0.25) is 11.8 Å². The monoisotopic (exact) mass is 293 g/mol. The van der Waals surface area contributed by atoms with Crippen LogP contribution in [0.25, 0.3) is 0 Å². The van der Waals surface area contributed by atoms with Gasteiger partial charge in [0, 0.05) is 37.5 Å². The van der Waals surface area contributed by atoms with Crippen molar-refractivity contribution in [1.29, 1.82) is 0 Å². The summed E-state index contributed by atoms with van der Waals surface area (Å²) in [4.78, 5) is 26.1. The fraction of sp³-hybridized carbons (Fsp3) is 0.875. The highest BCUT2D eigenvalue weighted by Crippen LogP contribution is 2.32. The van der Waals surface area contributed by atoms with E-state index in [9.17, 15) is 9.59 Å². The van der Waals surface area contributed by atoms with Crippen LogP contribution < -0.4 is 11.1 Å². The first-order valence-corrected chi connectivity index (χ1v) is 8.47. The second kappa shape index (κ2) is 6.34. The minimum Gasteiger partial charge on any atom is -0.353 e. The van der Waals surface area contributed by atoms with E-state index in [1.54, 1.807) is 0 Å². The lowest BCUT2D eigenvalue weighted by atomic mass is 9.98. The molecular weight excluding hydrogens is 266 g/mol. The summed E-state index contributed by atoms with van der Waals surface area (Å²) < 4.78 is 0. The van der Waals surface area contributed by atoms with Gasteiger partial charge in [-0.1, -0.05) is 6.42 Å². The Labute approximate surface area is 126 Å². The van der Waals surface area contributed by atoms with Gasteiger partial charge in [-0.3, -0.25) is 9.59 Å². The number of nitrogens with one attached hydrogen (secondary N) is 1. The molecule has 3 fully saturated rings. The van der Waals surface area contributed by atoms with Crippen LogP contribution in [0.4, 0.5) is 0 Å². The van der Waals surface area contributed by atoms with Crippen molar-refractivity contribution in [1.82, 2.24) is 10.2 Å². The maximum Gasteiger partial charge on any atom is 0.225 e. The molecule has 3 aliphatic rings. The molecule has 118 valence electrons. The van der Waals surface area contributed by atoms with Gasteiger partial charge in [0.05, 0.1) is 0 Å². The topological polar surface area (TPSA) is 75.4 Å². The van der Waals surface area contributed by atoms with Crippen molar-refractivity contribution in [2.75, 3.05) is 13.1 Å². The molecule has 5 nitrogen and oxygen atoms in total.